The standard InChI is InChI=1S/C17H19BrFN5O2/c18-14-15-12(23-13(9-20)24(15)6-5-19)10-21-16(14)22-11-1-3-17(4-2-11)25-7-8-26-17/h10-11H,1-8H2,(H,21,22). The summed E-state index contributed by atoms with van der Waals surface area (Å²) in [4.78, 5) is 8.67. The Hall–Kier alpha value is -1.76. The molecule has 1 N–H and O–H groups in total. The number of aryl methyl sites for hydroxylation is 1. The number of aromatic nitrogens is 3. The number of pyridine rings is 1. The lowest BCUT2D eigenvalue weighted by Crippen LogP contribution is -2.39. The van der Waals surface area contributed by atoms with Gasteiger partial charge in [-0.15, -0.1) is 0 Å². The normalized spacial score (nSPS) is 19.9. The number of halogens is 2. The van der Waals surface area contributed by atoms with Crippen LogP contribution in [0.1, 0.15) is 31.5 Å². The number of hydrogen-bond donors (Lipinski definition) is 1. The van der Waals surface area contributed by atoms with E-state index in [1.54, 1.807) is 10.8 Å². The van der Waals surface area contributed by atoms with Gasteiger partial charge in [-0.05, 0) is 28.8 Å². The van der Waals surface area contributed by atoms with Crippen molar-refractivity contribution in [3.05, 3.63) is 16.5 Å². The van der Waals surface area contributed by atoms with Gasteiger partial charge in [-0.1, -0.05) is 0 Å². The Labute approximate surface area is 158 Å². The molecule has 1 saturated heterocycles. The summed E-state index contributed by atoms with van der Waals surface area (Å²) in [6.45, 7) is 0.855. The second-order valence-corrected chi connectivity index (χ2v) is 7.36. The molecule has 1 spiro atoms. The van der Waals surface area contributed by atoms with Gasteiger partial charge in [0.05, 0.1) is 35.9 Å². The lowest BCUT2D eigenvalue weighted by Gasteiger charge is -2.35. The molecule has 1 aliphatic heterocycles. The first kappa shape index (κ1) is 17.6. The van der Waals surface area contributed by atoms with Crippen LogP contribution in [0.2, 0.25) is 0 Å². The molecule has 0 bridgehead atoms. The van der Waals surface area contributed by atoms with Crippen LogP contribution in [0.25, 0.3) is 11.0 Å². The Morgan fingerprint density at radius 3 is 2.77 bits per heavy atom. The smallest absolute Gasteiger partial charge is 0.213 e. The number of nitrogens with zero attached hydrogens (tertiary/aromatic N) is 4. The number of rotatable bonds is 4. The van der Waals surface area contributed by atoms with Gasteiger partial charge in [-0.25, -0.2) is 14.4 Å². The van der Waals surface area contributed by atoms with Crippen molar-refractivity contribution in [1.82, 2.24) is 14.5 Å². The molecule has 1 saturated carbocycles. The summed E-state index contributed by atoms with van der Waals surface area (Å²) in [6.07, 6.45) is 5.15. The van der Waals surface area contributed by atoms with Crippen LogP contribution in [0.3, 0.4) is 0 Å². The molecule has 2 aromatic heterocycles. The van der Waals surface area contributed by atoms with Crippen molar-refractivity contribution in [1.29, 1.82) is 5.26 Å². The average Bonchev–Trinajstić information content (AvgIpc) is 3.25. The third-order valence-corrected chi connectivity index (χ3v) is 5.79. The number of ether oxygens (including phenoxy) is 2. The summed E-state index contributed by atoms with van der Waals surface area (Å²) < 4.78 is 26.7. The summed E-state index contributed by atoms with van der Waals surface area (Å²) in [6, 6.07) is 2.27. The minimum absolute atomic E-state index is 0.0854. The molecule has 0 unspecified atom stereocenters. The van der Waals surface area contributed by atoms with Crippen molar-refractivity contribution in [3.63, 3.8) is 0 Å². The Morgan fingerprint density at radius 1 is 1.38 bits per heavy atom. The van der Waals surface area contributed by atoms with E-state index in [9.17, 15) is 9.65 Å². The number of nitriles is 1. The minimum atomic E-state index is -0.567. The first-order valence-electron chi connectivity index (χ1n) is 8.71. The SMILES string of the molecule is N#Cc1nc2cnc(NC3CCC4(CC3)OCCO4)c(Br)c2n1CCF. The zero-order valence-corrected chi connectivity index (χ0v) is 15.8. The van der Waals surface area contributed by atoms with Gasteiger partial charge in [0.2, 0.25) is 5.82 Å². The van der Waals surface area contributed by atoms with Gasteiger partial charge in [-0.3, -0.25) is 0 Å². The van der Waals surface area contributed by atoms with Gasteiger partial charge < -0.3 is 19.4 Å². The third kappa shape index (κ3) is 3.06. The monoisotopic (exact) mass is 423 g/mol. The predicted molar refractivity (Wildman–Crippen MR) is 96.4 cm³/mol. The van der Waals surface area contributed by atoms with Gasteiger partial charge >= 0.3 is 0 Å². The topological polar surface area (TPSA) is 85.0 Å². The fraction of sp³-hybridized carbons (Fsp3) is 0.588. The van der Waals surface area contributed by atoms with Crippen molar-refractivity contribution in [2.75, 3.05) is 25.2 Å². The Bertz CT molecular complexity index is 849. The molecule has 9 heteroatoms. The van der Waals surface area contributed by atoms with E-state index in [2.05, 4.69) is 31.2 Å². The molecule has 0 aromatic carbocycles. The summed E-state index contributed by atoms with van der Waals surface area (Å²) in [5.41, 5.74) is 1.26. The van der Waals surface area contributed by atoms with Crippen molar-refractivity contribution >= 4 is 32.8 Å². The van der Waals surface area contributed by atoms with Crippen LogP contribution >= 0.6 is 15.9 Å². The van der Waals surface area contributed by atoms with Crippen LogP contribution < -0.4 is 5.32 Å². The van der Waals surface area contributed by atoms with Gasteiger partial charge in [0.1, 0.15) is 24.1 Å². The highest BCUT2D eigenvalue weighted by atomic mass is 79.9. The predicted octanol–water partition coefficient (Wildman–Crippen LogP) is 3.13. The number of nitrogens with one attached hydrogen (secondary N) is 1. The Morgan fingerprint density at radius 2 is 2.12 bits per heavy atom. The van der Waals surface area contributed by atoms with E-state index in [0.29, 0.717) is 34.5 Å². The molecule has 2 aliphatic rings. The molecule has 2 fully saturated rings. The fourth-order valence-corrected chi connectivity index (χ4v) is 4.39. The largest absolute Gasteiger partial charge is 0.366 e. The Kier molecular flexibility index (Phi) is 4.82. The van der Waals surface area contributed by atoms with Crippen LogP contribution in [-0.4, -0.2) is 46.3 Å². The second-order valence-electron chi connectivity index (χ2n) is 6.57. The van der Waals surface area contributed by atoms with Crippen molar-refractivity contribution in [2.45, 2.75) is 44.1 Å². The average molecular weight is 424 g/mol. The molecular weight excluding hydrogens is 405 g/mol. The zero-order chi connectivity index (χ0) is 18.1. The molecule has 0 amide bonds. The van der Waals surface area contributed by atoms with Crippen LogP contribution in [0, 0.1) is 11.3 Å². The highest BCUT2D eigenvalue weighted by Crippen LogP contribution is 2.38. The first-order valence-corrected chi connectivity index (χ1v) is 9.50. The molecule has 4 rings (SSSR count). The van der Waals surface area contributed by atoms with E-state index in [0.717, 1.165) is 25.7 Å². The van der Waals surface area contributed by atoms with Gasteiger partial charge in [0.15, 0.2) is 5.79 Å². The summed E-state index contributed by atoms with van der Waals surface area (Å²) in [5.74, 6) is 0.470. The second kappa shape index (κ2) is 7.10. The first-order chi connectivity index (χ1) is 12.7. The van der Waals surface area contributed by atoms with Gasteiger partial charge in [-0.2, -0.15) is 5.26 Å². The maximum absolute atomic E-state index is 12.9. The molecular formula is C17H19BrFN5O2. The van der Waals surface area contributed by atoms with Crippen molar-refractivity contribution < 1.29 is 13.9 Å². The van der Waals surface area contributed by atoms with Crippen LogP contribution in [0.15, 0.2) is 10.7 Å². The van der Waals surface area contributed by atoms with E-state index in [-0.39, 0.29) is 18.4 Å². The highest BCUT2D eigenvalue weighted by molar-refractivity contribution is 9.10. The van der Waals surface area contributed by atoms with E-state index >= 15 is 0 Å². The molecule has 2 aromatic rings. The molecule has 138 valence electrons. The van der Waals surface area contributed by atoms with E-state index in [1.165, 1.54) is 0 Å². The van der Waals surface area contributed by atoms with Gasteiger partial charge in [0.25, 0.3) is 0 Å². The lowest BCUT2D eigenvalue weighted by atomic mass is 9.90. The minimum Gasteiger partial charge on any atom is -0.366 e. The molecule has 3 heterocycles. The maximum Gasteiger partial charge on any atom is 0.213 e. The fourth-order valence-electron chi connectivity index (χ4n) is 3.76. The Balaban J connectivity index is 1.56. The molecule has 0 atom stereocenters. The number of imidazole rings is 1. The number of alkyl halides is 1. The number of anilines is 1. The van der Waals surface area contributed by atoms with E-state index < -0.39 is 12.5 Å². The molecule has 7 nitrogen and oxygen atoms in total. The summed E-state index contributed by atoms with van der Waals surface area (Å²) >= 11 is 3.56. The van der Waals surface area contributed by atoms with Gasteiger partial charge in [0, 0.05) is 18.9 Å². The third-order valence-electron chi connectivity index (χ3n) is 5.04. The van der Waals surface area contributed by atoms with Crippen LogP contribution in [-0.2, 0) is 16.0 Å². The number of hydrogen-bond acceptors (Lipinski definition) is 6. The van der Waals surface area contributed by atoms with E-state index in [4.69, 9.17) is 9.47 Å². The zero-order valence-electron chi connectivity index (χ0n) is 14.2. The van der Waals surface area contributed by atoms with E-state index in [1.807, 2.05) is 6.07 Å². The van der Waals surface area contributed by atoms with Crippen LogP contribution in [0.4, 0.5) is 10.2 Å². The van der Waals surface area contributed by atoms with Crippen molar-refractivity contribution in [3.8, 4) is 6.07 Å². The van der Waals surface area contributed by atoms with Crippen molar-refractivity contribution in [2.24, 2.45) is 0 Å². The van der Waals surface area contributed by atoms with Crippen LogP contribution in [0.5, 0.6) is 0 Å². The maximum atomic E-state index is 12.9. The lowest BCUT2D eigenvalue weighted by molar-refractivity contribution is -0.177. The quantitative estimate of drug-likeness (QED) is 0.812. The molecule has 0 radical (unpaired) electrons. The summed E-state index contributed by atoms with van der Waals surface area (Å²) in [7, 11) is 0. The highest BCUT2D eigenvalue weighted by Gasteiger charge is 2.40. The molecule has 26 heavy (non-hydrogen) atoms. The number of fused-ring (bicyclic) bond motifs is 1. The molecule has 1 aliphatic carbocycles. The summed E-state index contributed by atoms with van der Waals surface area (Å²) in [5, 5.41) is 12.7.